The van der Waals surface area contributed by atoms with Crippen molar-refractivity contribution in [2.24, 2.45) is 0 Å². The molecule has 7 aromatic rings. The number of phenolic OH excluding ortho intramolecular Hbond substituents is 1. The van der Waals surface area contributed by atoms with Crippen molar-refractivity contribution in [1.82, 2.24) is 0 Å². The first-order chi connectivity index (χ1) is 31.5. The molecule has 0 fully saturated rings. The van der Waals surface area contributed by atoms with Crippen molar-refractivity contribution >= 4 is 113 Å². The molecular formula is C43H54N8O13S4. The lowest BCUT2D eigenvalue weighted by atomic mass is 10.1. The zero-order valence-electron chi connectivity index (χ0n) is 37.4. The lowest BCUT2D eigenvalue weighted by Crippen LogP contribution is -2.06. The van der Waals surface area contributed by atoms with Crippen LogP contribution in [0.15, 0.2) is 123 Å². The summed E-state index contributed by atoms with van der Waals surface area (Å²) in [4.78, 5) is -1.85. The van der Waals surface area contributed by atoms with Gasteiger partial charge < -0.3 is 45.2 Å². The summed E-state index contributed by atoms with van der Waals surface area (Å²) >= 11 is 0. The average Bonchev–Trinajstić information content (AvgIpc) is 3.29. The second-order valence-corrected chi connectivity index (χ2v) is 18.4. The van der Waals surface area contributed by atoms with Gasteiger partial charge in [0.1, 0.15) is 15.5 Å². The SMILES string of the molecule is CC.CC.CC.N#Cc1ccc(N)cc1.Nc1cc2c(O)c(N)c(S(=O)(=O)O)cc2cc1S(=O)(=O)O.Nc1ccc(N)c2cc(S(=O)(=O)O)ccc12.Nc1ccc(N)c2cc(S(=O)(=O)O)ccc12. The predicted octanol–water partition coefficient (Wildman–Crippen LogP) is 6.92. The van der Waals surface area contributed by atoms with Crippen LogP contribution in [0.2, 0.25) is 0 Å². The van der Waals surface area contributed by atoms with E-state index in [1.165, 1.54) is 36.4 Å². The van der Waals surface area contributed by atoms with Gasteiger partial charge in [-0.3, -0.25) is 18.2 Å². The number of nitriles is 1. The molecule has 0 spiro atoms. The molecule has 68 heavy (non-hydrogen) atoms. The smallest absolute Gasteiger partial charge is 0.296 e. The largest absolute Gasteiger partial charge is 0.505 e. The van der Waals surface area contributed by atoms with Crippen molar-refractivity contribution < 1.29 is 57.0 Å². The van der Waals surface area contributed by atoms with E-state index in [1.807, 2.05) is 47.6 Å². The van der Waals surface area contributed by atoms with Crippen LogP contribution in [0.5, 0.6) is 5.75 Å². The minimum Gasteiger partial charge on any atom is -0.505 e. The number of hydrogen-bond acceptors (Lipinski definition) is 17. The Balaban J connectivity index is 0.000000449. The van der Waals surface area contributed by atoms with Crippen LogP contribution in [0.4, 0.5) is 39.8 Å². The summed E-state index contributed by atoms with van der Waals surface area (Å²) < 4.78 is 124. The number of nitrogen functional groups attached to an aromatic ring is 7. The van der Waals surface area contributed by atoms with Crippen LogP contribution in [0.25, 0.3) is 32.3 Å². The summed E-state index contributed by atoms with van der Waals surface area (Å²) in [7, 11) is -17.8. The van der Waals surface area contributed by atoms with Crippen molar-refractivity contribution in [3.8, 4) is 11.8 Å². The van der Waals surface area contributed by atoms with Crippen molar-refractivity contribution in [2.45, 2.75) is 61.1 Å². The third-order valence-corrected chi connectivity index (χ3v) is 12.0. The quantitative estimate of drug-likeness (QED) is 0.0483. The minimum atomic E-state index is -4.73. The molecule has 0 unspecified atom stereocenters. The van der Waals surface area contributed by atoms with Gasteiger partial charge in [0.2, 0.25) is 0 Å². The van der Waals surface area contributed by atoms with Crippen LogP contribution in [-0.2, 0) is 40.5 Å². The molecule has 0 saturated heterocycles. The molecule has 21 nitrogen and oxygen atoms in total. The van der Waals surface area contributed by atoms with E-state index in [9.17, 15) is 38.8 Å². The van der Waals surface area contributed by atoms with E-state index in [2.05, 4.69) is 0 Å². The summed E-state index contributed by atoms with van der Waals surface area (Å²) in [6.07, 6.45) is 0. The Labute approximate surface area is 394 Å². The number of fused-ring (bicyclic) bond motifs is 3. The molecule has 19 N–H and O–H groups in total. The highest BCUT2D eigenvalue weighted by atomic mass is 32.2. The summed E-state index contributed by atoms with van der Waals surface area (Å²) in [5.41, 5.74) is 41.3. The zero-order chi connectivity index (χ0) is 52.7. The molecule has 0 amide bonds. The predicted molar refractivity (Wildman–Crippen MR) is 269 cm³/mol. The van der Waals surface area contributed by atoms with E-state index in [1.54, 1.807) is 48.5 Å². The Bertz CT molecular complexity index is 3280. The lowest BCUT2D eigenvalue weighted by molar-refractivity contribution is 0.473. The molecule has 368 valence electrons. The molecule has 0 heterocycles. The fourth-order valence-corrected chi connectivity index (χ4v) is 7.78. The number of rotatable bonds is 4. The molecular weight excluding hydrogens is 965 g/mol. The molecule has 0 aliphatic heterocycles. The first-order valence-electron chi connectivity index (χ1n) is 19.7. The number of nitrogens with two attached hydrogens (primary N) is 7. The first-order valence-corrected chi connectivity index (χ1v) is 25.5. The van der Waals surface area contributed by atoms with Crippen molar-refractivity contribution in [3.63, 3.8) is 0 Å². The second-order valence-electron chi connectivity index (χ2n) is 12.8. The van der Waals surface area contributed by atoms with Crippen molar-refractivity contribution in [3.05, 3.63) is 109 Å². The van der Waals surface area contributed by atoms with Crippen LogP contribution in [0.1, 0.15) is 47.1 Å². The monoisotopic (exact) mass is 1020 g/mol. The van der Waals surface area contributed by atoms with E-state index in [0.29, 0.717) is 55.5 Å². The van der Waals surface area contributed by atoms with Gasteiger partial charge in [0.25, 0.3) is 40.5 Å². The first kappa shape index (κ1) is 58.9. The van der Waals surface area contributed by atoms with Gasteiger partial charge in [-0.15, -0.1) is 0 Å². The lowest BCUT2D eigenvalue weighted by Gasteiger charge is -2.11. The maximum absolute atomic E-state index is 11.2. The molecule has 0 radical (unpaired) electrons. The highest BCUT2D eigenvalue weighted by molar-refractivity contribution is 7.86. The van der Waals surface area contributed by atoms with Gasteiger partial charge in [-0.25, -0.2) is 0 Å². The Morgan fingerprint density at radius 3 is 1.10 bits per heavy atom. The third-order valence-electron chi connectivity index (χ3n) is 8.55. The molecule has 0 aromatic heterocycles. The second kappa shape index (κ2) is 24.6. The van der Waals surface area contributed by atoms with Gasteiger partial charge in [0.15, 0.2) is 0 Å². The molecule has 0 bridgehead atoms. The number of benzene rings is 7. The van der Waals surface area contributed by atoms with Gasteiger partial charge in [-0.2, -0.15) is 38.9 Å². The Morgan fingerprint density at radius 1 is 0.412 bits per heavy atom. The van der Waals surface area contributed by atoms with Crippen LogP contribution in [0, 0.1) is 11.3 Å². The third kappa shape index (κ3) is 15.5. The van der Waals surface area contributed by atoms with Gasteiger partial charge in [-0.05, 0) is 96.4 Å². The maximum Gasteiger partial charge on any atom is 0.296 e. The van der Waals surface area contributed by atoms with Crippen LogP contribution < -0.4 is 40.1 Å². The number of anilines is 7. The molecule has 7 aromatic carbocycles. The number of aromatic hydroxyl groups is 1. The Kier molecular flexibility index (Phi) is 21.3. The fourth-order valence-electron chi connectivity index (χ4n) is 5.48. The maximum atomic E-state index is 11.2. The van der Waals surface area contributed by atoms with E-state index in [4.69, 9.17) is 63.6 Å². The van der Waals surface area contributed by atoms with Gasteiger partial charge in [-0.1, -0.05) is 53.7 Å². The van der Waals surface area contributed by atoms with E-state index >= 15 is 0 Å². The van der Waals surface area contributed by atoms with E-state index < -0.39 is 61.7 Å². The fraction of sp³-hybridized carbons (Fsp3) is 0.140. The average molecular weight is 1020 g/mol. The summed E-state index contributed by atoms with van der Waals surface area (Å²) in [5, 5.41) is 20.4. The normalized spacial score (nSPS) is 10.8. The number of nitrogens with zero attached hydrogens (tertiary/aromatic N) is 1. The Morgan fingerprint density at radius 2 is 0.765 bits per heavy atom. The van der Waals surface area contributed by atoms with Crippen molar-refractivity contribution in [1.29, 1.82) is 5.26 Å². The van der Waals surface area contributed by atoms with Gasteiger partial charge >= 0.3 is 0 Å². The molecule has 0 atom stereocenters. The number of phenols is 1. The zero-order valence-corrected chi connectivity index (χ0v) is 40.7. The minimum absolute atomic E-state index is 0.0372. The molecule has 7 rings (SSSR count). The highest BCUT2D eigenvalue weighted by Gasteiger charge is 2.23. The Hall–Kier alpha value is -7.15. The van der Waals surface area contributed by atoms with E-state index in [-0.39, 0.29) is 26.3 Å². The summed E-state index contributed by atoms with van der Waals surface area (Å²) in [6.45, 7) is 12.0. The number of hydrogen-bond donors (Lipinski definition) is 12. The van der Waals surface area contributed by atoms with Crippen LogP contribution in [0.3, 0.4) is 0 Å². The molecule has 25 heteroatoms. The van der Waals surface area contributed by atoms with Crippen LogP contribution >= 0.6 is 0 Å². The van der Waals surface area contributed by atoms with Crippen molar-refractivity contribution in [2.75, 3.05) is 40.1 Å². The molecule has 0 aliphatic carbocycles. The summed E-state index contributed by atoms with van der Waals surface area (Å²) in [6, 6.07) is 26.2. The molecule has 0 saturated carbocycles. The summed E-state index contributed by atoms with van der Waals surface area (Å²) in [5.74, 6) is -0.686. The molecule has 0 aliphatic rings. The topological polar surface area (TPSA) is 444 Å². The van der Waals surface area contributed by atoms with Gasteiger partial charge in [0, 0.05) is 55.4 Å². The van der Waals surface area contributed by atoms with Crippen LogP contribution in [-0.4, -0.2) is 57.0 Å². The standard InChI is InChI=1S/C10H10N2O7S2.2C10H10N2O3S.C7H6N2.3C2H6/c11-6-3-5-4(1-7(6)20(14,15)16)2-8(21(17,18)19)9(12)10(5)13;2*11-9-3-4-10(12)8-5-6(16(13,14)15)1-2-7(8)9;8-5-6-1-3-7(9)4-2-6;3*1-2/h1-3,13H,11-12H2,(H,14,15,16)(H,17,18,19);2*1-5H,11-12H2,(H,13,14,15);1-4H,9H2;3*1-2H3. The van der Waals surface area contributed by atoms with E-state index in [0.717, 1.165) is 18.2 Å². The highest BCUT2D eigenvalue weighted by Crippen LogP contribution is 2.39. The van der Waals surface area contributed by atoms with Gasteiger partial charge in [0.05, 0.1) is 32.8 Å².